The molecule has 1 aliphatic heterocycles. The molecule has 0 bridgehead atoms. The highest BCUT2D eigenvalue weighted by Gasteiger charge is 2.23. The number of cyclic esters (lactones) is 1. The minimum absolute atomic E-state index is 0.299. The van der Waals surface area contributed by atoms with Gasteiger partial charge in [-0.05, 0) is 35.8 Å². The van der Waals surface area contributed by atoms with Gasteiger partial charge in [-0.25, -0.2) is 9.79 Å². The number of nitrogens with zero attached hydrogens (tertiary/aromatic N) is 1. The summed E-state index contributed by atoms with van der Waals surface area (Å²) in [5.74, 6) is 0.701. The first-order valence-corrected chi connectivity index (χ1v) is 7.92. The van der Waals surface area contributed by atoms with Crippen LogP contribution in [0.2, 0.25) is 0 Å². The fraction of sp³-hybridized carbons (Fsp3) is 0.200. The second-order valence-electron chi connectivity index (χ2n) is 5.52. The summed E-state index contributed by atoms with van der Waals surface area (Å²) in [4.78, 5) is 16.4. The summed E-state index contributed by atoms with van der Waals surface area (Å²) in [5, 5.41) is 0. The lowest BCUT2D eigenvalue weighted by atomic mass is 10.1. The predicted octanol–water partition coefficient (Wildman–Crippen LogP) is 3.80. The Labute approximate surface area is 141 Å². The third-order valence-corrected chi connectivity index (χ3v) is 3.86. The van der Waals surface area contributed by atoms with Gasteiger partial charge >= 0.3 is 5.97 Å². The molecule has 0 N–H and O–H groups in total. The fourth-order valence-electron chi connectivity index (χ4n) is 2.56. The lowest BCUT2D eigenvalue weighted by Gasteiger charge is -2.06. The van der Waals surface area contributed by atoms with E-state index in [2.05, 4.69) is 11.9 Å². The Morgan fingerprint density at radius 2 is 1.92 bits per heavy atom. The van der Waals surface area contributed by atoms with Gasteiger partial charge in [0.2, 0.25) is 5.90 Å². The first-order chi connectivity index (χ1) is 11.7. The van der Waals surface area contributed by atoms with Crippen LogP contribution < -0.4 is 4.74 Å². The number of hydrogen-bond acceptors (Lipinski definition) is 4. The molecule has 0 atom stereocenters. The molecule has 1 aliphatic rings. The van der Waals surface area contributed by atoms with Crippen LogP contribution in [0.25, 0.3) is 6.08 Å². The van der Waals surface area contributed by atoms with E-state index in [0.717, 1.165) is 17.5 Å². The molecule has 24 heavy (non-hydrogen) atoms. The van der Waals surface area contributed by atoms with Gasteiger partial charge in [0.1, 0.15) is 5.75 Å². The van der Waals surface area contributed by atoms with E-state index in [0.29, 0.717) is 23.8 Å². The summed E-state index contributed by atoms with van der Waals surface area (Å²) in [6.07, 6.45) is 3.13. The molecule has 0 aromatic heterocycles. The van der Waals surface area contributed by atoms with Gasteiger partial charge in [-0.1, -0.05) is 43.3 Å². The van der Waals surface area contributed by atoms with Crippen LogP contribution in [0.15, 0.2) is 59.2 Å². The van der Waals surface area contributed by atoms with Gasteiger partial charge in [-0.2, -0.15) is 0 Å². The molecule has 0 saturated carbocycles. The molecular weight excluding hydrogens is 302 g/mol. The second kappa shape index (κ2) is 7.13. The molecule has 0 spiro atoms. The maximum atomic E-state index is 12.1. The van der Waals surface area contributed by atoms with E-state index >= 15 is 0 Å². The number of hydrogen-bond donors (Lipinski definition) is 0. The van der Waals surface area contributed by atoms with Crippen molar-refractivity contribution in [2.45, 2.75) is 19.8 Å². The summed E-state index contributed by atoms with van der Waals surface area (Å²) in [5.41, 5.74) is 3.35. The molecule has 2 aromatic rings. The Kier molecular flexibility index (Phi) is 4.75. The molecule has 122 valence electrons. The second-order valence-corrected chi connectivity index (χ2v) is 5.52. The van der Waals surface area contributed by atoms with Crippen molar-refractivity contribution in [2.75, 3.05) is 7.11 Å². The van der Waals surface area contributed by atoms with Crippen LogP contribution in [0, 0.1) is 0 Å². The smallest absolute Gasteiger partial charge is 0.363 e. The predicted molar refractivity (Wildman–Crippen MR) is 94.0 cm³/mol. The monoisotopic (exact) mass is 321 g/mol. The van der Waals surface area contributed by atoms with E-state index in [1.165, 1.54) is 5.56 Å². The van der Waals surface area contributed by atoms with Crippen LogP contribution in [-0.4, -0.2) is 19.0 Å². The third kappa shape index (κ3) is 3.54. The van der Waals surface area contributed by atoms with Crippen LogP contribution in [0.1, 0.15) is 23.6 Å². The summed E-state index contributed by atoms with van der Waals surface area (Å²) in [6, 6.07) is 15.7. The van der Waals surface area contributed by atoms with Crippen LogP contribution in [-0.2, 0) is 22.4 Å². The maximum absolute atomic E-state index is 12.1. The summed E-state index contributed by atoms with van der Waals surface area (Å²) < 4.78 is 10.6. The molecular formula is C20H19NO3. The number of benzene rings is 2. The van der Waals surface area contributed by atoms with Gasteiger partial charge in [-0.15, -0.1) is 0 Å². The first kappa shape index (κ1) is 16.0. The van der Waals surface area contributed by atoms with Crippen LogP contribution in [0.3, 0.4) is 0 Å². The van der Waals surface area contributed by atoms with Crippen molar-refractivity contribution in [3.8, 4) is 5.75 Å². The lowest BCUT2D eigenvalue weighted by Crippen LogP contribution is -2.06. The van der Waals surface area contributed by atoms with Crippen molar-refractivity contribution >= 4 is 17.9 Å². The highest BCUT2D eigenvalue weighted by molar-refractivity contribution is 6.07. The van der Waals surface area contributed by atoms with Gasteiger partial charge in [0.05, 0.1) is 7.11 Å². The molecule has 0 fully saturated rings. The molecule has 2 aromatic carbocycles. The van der Waals surface area contributed by atoms with Crippen molar-refractivity contribution in [1.29, 1.82) is 0 Å². The van der Waals surface area contributed by atoms with Gasteiger partial charge < -0.3 is 9.47 Å². The number of esters is 1. The molecule has 0 saturated heterocycles. The molecule has 3 rings (SSSR count). The Balaban J connectivity index is 1.88. The Bertz CT molecular complexity index is 807. The summed E-state index contributed by atoms with van der Waals surface area (Å²) in [7, 11) is 1.61. The number of rotatable bonds is 5. The lowest BCUT2D eigenvalue weighted by molar-refractivity contribution is -0.130. The van der Waals surface area contributed by atoms with Gasteiger partial charge in [0, 0.05) is 12.0 Å². The van der Waals surface area contributed by atoms with Gasteiger partial charge in [0.25, 0.3) is 0 Å². The number of carbonyl (C=O) groups is 1. The van der Waals surface area contributed by atoms with Gasteiger partial charge in [-0.3, -0.25) is 0 Å². The highest BCUT2D eigenvalue weighted by Crippen LogP contribution is 2.25. The quantitative estimate of drug-likeness (QED) is 0.622. The zero-order valence-electron chi connectivity index (χ0n) is 13.8. The van der Waals surface area contributed by atoms with Crippen LogP contribution >= 0.6 is 0 Å². The minimum Gasteiger partial charge on any atom is -0.496 e. The molecule has 0 unspecified atom stereocenters. The average Bonchev–Trinajstić information content (AvgIpc) is 2.94. The minimum atomic E-state index is -0.426. The number of aryl methyl sites for hydroxylation is 1. The van der Waals surface area contributed by atoms with Gasteiger partial charge in [0.15, 0.2) is 5.70 Å². The van der Waals surface area contributed by atoms with E-state index in [4.69, 9.17) is 9.47 Å². The SMILES string of the molecule is CCc1ccc(OC)c(/C=C2/N=C(Cc3ccccc3)OC2=O)c1. The normalized spacial score (nSPS) is 15.3. The highest BCUT2D eigenvalue weighted by atomic mass is 16.6. The number of carbonyl (C=O) groups excluding carboxylic acids is 1. The Morgan fingerprint density at radius 3 is 2.62 bits per heavy atom. The molecule has 0 aliphatic carbocycles. The summed E-state index contributed by atoms with van der Waals surface area (Å²) in [6.45, 7) is 2.08. The maximum Gasteiger partial charge on any atom is 0.363 e. The van der Waals surface area contributed by atoms with E-state index in [-0.39, 0.29) is 0 Å². The van der Waals surface area contributed by atoms with Crippen molar-refractivity contribution in [2.24, 2.45) is 4.99 Å². The fourth-order valence-corrected chi connectivity index (χ4v) is 2.56. The Morgan fingerprint density at radius 1 is 1.12 bits per heavy atom. The molecule has 0 radical (unpaired) electrons. The standard InChI is InChI=1S/C20H19NO3/c1-3-14-9-10-18(23-2)16(11-14)13-17-20(22)24-19(21-17)12-15-7-5-4-6-8-15/h4-11,13H,3,12H2,1-2H3/b17-13+. The van der Waals surface area contributed by atoms with E-state index in [1.807, 2.05) is 48.5 Å². The van der Waals surface area contributed by atoms with E-state index < -0.39 is 5.97 Å². The largest absolute Gasteiger partial charge is 0.496 e. The van der Waals surface area contributed by atoms with E-state index in [9.17, 15) is 4.79 Å². The number of aliphatic imine (C=N–C) groups is 1. The third-order valence-electron chi connectivity index (χ3n) is 3.86. The molecule has 0 amide bonds. The Hall–Kier alpha value is -2.88. The zero-order valence-corrected chi connectivity index (χ0v) is 13.8. The van der Waals surface area contributed by atoms with Crippen LogP contribution in [0.5, 0.6) is 5.75 Å². The molecule has 4 nitrogen and oxygen atoms in total. The zero-order chi connectivity index (χ0) is 16.9. The first-order valence-electron chi connectivity index (χ1n) is 7.92. The molecule has 4 heteroatoms. The van der Waals surface area contributed by atoms with Crippen molar-refractivity contribution in [1.82, 2.24) is 0 Å². The average molecular weight is 321 g/mol. The molecule has 1 heterocycles. The number of ether oxygens (including phenoxy) is 2. The van der Waals surface area contributed by atoms with Crippen LogP contribution in [0.4, 0.5) is 0 Å². The summed E-state index contributed by atoms with van der Waals surface area (Å²) >= 11 is 0. The number of methoxy groups -OCH3 is 1. The van der Waals surface area contributed by atoms with Crippen molar-refractivity contribution in [3.63, 3.8) is 0 Å². The van der Waals surface area contributed by atoms with Crippen molar-refractivity contribution < 1.29 is 14.3 Å². The van der Waals surface area contributed by atoms with Crippen molar-refractivity contribution in [3.05, 3.63) is 70.9 Å². The topological polar surface area (TPSA) is 47.9 Å². The van der Waals surface area contributed by atoms with E-state index in [1.54, 1.807) is 13.2 Å².